The Labute approximate surface area is 201 Å². The van der Waals surface area contributed by atoms with E-state index in [0.717, 1.165) is 27.0 Å². The first-order valence-corrected chi connectivity index (χ1v) is 11.6. The number of amides is 2. The van der Waals surface area contributed by atoms with Crippen molar-refractivity contribution in [2.75, 3.05) is 18.0 Å². The Morgan fingerprint density at radius 1 is 0.939 bits per heavy atom. The standard InChI is InChI=1S/C26H25BrN2O4/c27-22-8-10-23(11-9-22)29-17-21(14-25(30)31)16-28(26(29)32)15-19-6-12-24(13-7-19)33-18-20-4-2-1-3-5-20/h1-13,21H,14-18H2,(H,30,31). The van der Waals surface area contributed by atoms with Gasteiger partial charge in [-0.3, -0.25) is 9.69 Å². The molecule has 1 aliphatic rings. The summed E-state index contributed by atoms with van der Waals surface area (Å²) in [6, 6.07) is 25.0. The van der Waals surface area contributed by atoms with Crippen LogP contribution in [0.2, 0.25) is 0 Å². The molecule has 0 spiro atoms. The van der Waals surface area contributed by atoms with Gasteiger partial charge in [0.25, 0.3) is 0 Å². The quantitative estimate of drug-likeness (QED) is 0.432. The second-order valence-electron chi connectivity index (χ2n) is 8.13. The van der Waals surface area contributed by atoms with Gasteiger partial charge in [-0.05, 0) is 47.5 Å². The molecule has 0 bridgehead atoms. The molecule has 0 aromatic heterocycles. The number of carboxylic acids is 1. The molecule has 1 saturated heterocycles. The van der Waals surface area contributed by atoms with Crippen molar-refractivity contribution in [3.63, 3.8) is 0 Å². The summed E-state index contributed by atoms with van der Waals surface area (Å²) in [4.78, 5) is 28.0. The van der Waals surface area contributed by atoms with Crippen molar-refractivity contribution in [1.29, 1.82) is 0 Å². The third-order valence-electron chi connectivity index (χ3n) is 5.57. The van der Waals surface area contributed by atoms with Gasteiger partial charge in [-0.15, -0.1) is 0 Å². The fourth-order valence-electron chi connectivity index (χ4n) is 3.95. The molecule has 4 rings (SSSR count). The Balaban J connectivity index is 1.45. The van der Waals surface area contributed by atoms with Gasteiger partial charge in [-0.1, -0.05) is 58.4 Å². The minimum Gasteiger partial charge on any atom is -0.489 e. The van der Waals surface area contributed by atoms with Gasteiger partial charge in [0.1, 0.15) is 12.4 Å². The molecule has 33 heavy (non-hydrogen) atoms. The minimum atomic E-state index is -0.857. The van der Waals surface area contributed by atoms with Crippen LogP contribution in [-0.4, -0.2) is 35.1 Å². The summed E-state index contributed by atoms with van der Waals surface area (Å²) < 4.78 is 6.77. The van der Waals surface area contributed by atoms with Gasteiger partial charge in [-0.25, -0.2) is 4.79 Å². The Bertz CT molecular complexity index is 1090. The fourth-order valence-corrected chi connectivity index (χ4v) is 4.22. The number of halogens is 1. The molecule has 0 radical (unpaired) electrons. The van der Waals surface area contributed by atoms with Crippen LogP contribution in [0.15, 0.2) is 83.3 Å². The average molecular weight is 509 g/mol. The van der Waals surface area contributed by atoms with Crippen LogP contribution in [0.3, 0.4) is 0 Å². The number of carbonyl (C=O) groups is 2. The molecule has 1 heterocycles. The van der Waals surface area contributed by atoms with Gasteiger partial charge < -0.3 is 14.7 Å². The van der Waals surface area contributed by atoms with Gasteiger partial charge in [0.15, 0.2) is 0 Å². The zero-order valence-corrected chi connectivity index (χ0v) is 19.6. The molecule has 0 aliphatic carbocycles. The monoisotopic (exact) mass is 508 g/mol. The van der Waals surface area contributed by atoms with E-state index in [0.29, 0.717) is 26.2 Å². The van der Waals surface area contributed by atoms with Gasteiger partial charge in [-0.2, -0.15) is 0 Å². The molecule has 1 fully saturated rings. The number of anilines is 1. The van der Waals surface area contributed by atoms with E-state index < -0.39 is 5.97 Å². The largest absolute Gasteiger partial charge is 0.489 e. The summed E-state index contributed by atoms with van der Waals surface area (Å²) in [5.41, 5.74) is 2.81. The SMILES string of the molecule is O=C(O)CC1CN(Cc2ccc(OCc3ccccc3)cc2)C(=O)N(c2ccc(Br)cc2)C1. The topological polar surface area (TPSA) is 70.1 Å². The van der Waals surface area contributed by atoms with Gasteiger partial charge >= 0.3 is 12.0 Å². The summed E-state index contributed by atoms with van der Waals surface area (Å²) >= 11 is 3.41. The molecule has 170 valence electrons. The normalized spacial score (nSPS) is 16.0. The van der Waals surface area contributed by atoms with Crippen molar-refractivity contribution in [1.82, 2.24) is 4.90 Å². The van der Waals surface area contributed by atoms with Crippen molar-refractivity contribution in [3.8, 4) is 5.75 Å². The highest BCUT2D eigenvalue weighted by Gasteiger charge is 2.33. The first-order valence-electron chi connectivity index (χ1n) is 10.8. The van der Waals surface area contributed by atoms with Crippen LogP contribution < -0.4 is 9.64 Å². The number of hydrogen-bond acceptors (Lipinski definition) is 3. The lowest BCUT2D eigenvalue weighted by Crippen LogP contribution is -2.53. The molecule has 7 heteroatoms. The fraction of sp³-hybridized carbons (Fsp3) is 0.231. The molecule has 1 N–H and O–H groups in total. The molecule has 6 nitrogen and oxygen atoms in total. The highest BCUT2D eigenvalue weighted by atomic mass is 79.9. The van der Waals surface area contributed by atoms with Crippen LogP contribution >= 0.6 is 15.9 Å². The van der Waals surface area contributed by atoms with Gasteiger partial charge in [0.2, 0.25) is 0 Å². The number of benzene rings is 3. The maximum atomic E-state index is 13.2. The number of nitrogens with zero attached hydrogens (tertiary/aromatic N) is 2. The van der Waals surface area contributed by atoms with E-state index in [4.69, 9.17) is 4.74 Å². The molecular weight excluding hydrogens is 484 g/mol. The van der Waals surface area contributed by atoms with E-state index in [-0.39, 0.29) is 18.4 Å². The molecule has 1 unspecified atom stereocenters. The van der Waals surface area contributed by atoms with Crippen LogP contribution in [0.25, 0.3) is 0 Å². The number of aliphatic carboxylic acids is 1. The van der Waals surface area contributed by atoms with Crippen molar-refractivity contribution in [2.24, 2.45) is 5.92 Å². The third-order valence-corrected chi connectivity index (χ3v) is 6.10. The molecule has 1 atom stereocenters. The maximum absolute atomic E-state index is 13.2. The molecule has 0 saturated carbocycles. The second-order valence-corrected chi connectivity index (χ2v) is 9.05. The number of carboxylic acid groups (broad SMARTS) is 1. The van der Waals surface area contributed by atoms with E-state index in [9.17, 15) is 14.7 Å². The lowest BCUT2D eigenvalue weighted by molar-refractivity contribution is -0.138. The van der Waals surface area contributed by atoms with Crippen molar-refractivity contribution in [2.45, 2.75) is 19.6 Å². The van der Waals surface area contributed by atoms with Crippen LogP contribution in [0.1, 0.15) is 17.5 Å². The average Bonchev–Trinajstić information content (AvgIpc) is 2.81. The predicted octanol–water partition coefficient (Wildman–Crippen LogP) is 5.56. The van der Waals surface area contributed by atoms with Crippen molar-refractivity contribution < 1.29 is 19.4 Å². The molecule has 3 aromatic carbocycles. The highest BCUT2D eigenvalue weighted by molar-refractivity contribution is 9.10. The van der Waals surface area contributed by atoms with E-state index in [1.165, 1.54) is 0 Å². The number of hydrogen-bond donors (Lipinski definition) is 1. The van der Waals surface area contributed by atoms with E-state index in [2.05, 4.69) is 15.9 Å². The Kier molecular flexibility index (Phi) is 7.29. The number of carbonyl (C=O) groups excluding carboxylic acids is 1. The van der Waals surface area contributed by atoms with Crippen molar-refractivity contribution >= 4 is 33.6 Å². The van der Waals surface area contributed by atoms with E-state index in [1.54, 1.807) is 9.80 Å². The Morgan fingerprint density at radius 2 is 1.64 bits per heavy atom. The number of ether oxygens (including phenoxy) is 1. The third kappa shape index (κ3) is 6.14. The Hall–Kier alpha value is -3.32. The van der Waals surface area contributed by atoms with E-state index in [1.807, 2.05) is 78.9 Å². The van der Waals surface area contributed by atoms with Crippen LogP contribution in [0.5, 0.6) is 5.75 Å². The van der Waals surface area contributed by atoms with Crippen molar-refractivity contribution in [3.05, 3.63) is 94.5 Å². The molecule has 2 amide bonds. The first kappa shape index (κ1) is 22.9. The molecular formula is C26H25BrN2O4. The van der Waals surface area contributed by atoms with Crippen LogP contribution in [-0.2, 0) is 17.9 Å². The highest BCUT2D eigenvalue weighted by Crippen LogP contribution is 2.27. The zero-order valence-electron chi connectivity index (χ0n) is 18.1. The second kappa shape index (κ2) is 10.5. The first-order chi connectivity index (χ1) is 16.0. The predicted molar refractivity (Wildman–Crippen MR) is 130 cm³/mol. The molecule has 1 aliphatic heterocycles. The lowest BCUT2D eigenvalue weighted by atomic mass is 10.0. The Morgan fingerprint density at radius 3 is 2.30 bits per heavy atom. The summed E-state index contributed by atoms with van der Waals surface area (Å²) in [7, 11) is 0. The summed E-state index contributed by atoms with van der Waals surface area (Å²) in [5.74, 6) is -0.255. The number of urea groups is 1. The smallest absolute Gasteiger partial charge is 0.324 e. The van der Waals surface area contributed by atoms with Gasteiger partial charge in [0, 0.05) is 35.7 Å². The minimum absolute atomic E-state index is 0.0169. The lowest BCUT2D eigenvalue weighted by Gasteiger charge is -2.40. The summed E-state index contributed by atoms with van der Waals surface area (Å²) in [6.45, 7) is 1.69. The zero-order chi connectivity index (χ0) is 23.2. The van der Waals surface area contributed by atoms with Gasteiger partial charge in [0.05, 0.1) is 6.42 Å². The number of rotatable bonds is 8. The summed E-state index contributed by atoms with van der Waals surface area (Å²) in [5, 5.41) is 9.32. The summed E-state index contributed by atoms with van der Waals surface area (Å²) in [6.07, 6.45) is 0.0169. The van der Waals surface area contributed by atoms with Crippen LogP contribution in [0.4, 0.5) is 10.5 Å². The molecule has 3 aromatic rings. The van der Waals surface area contributed by atoms with E-state index >= 15 is 0 Å². The van der Waals surface area contributed by atoms with Crippen LogP contribution in [0, 0.1) is 5.92 Å². The maximum Gasteiger partial charge on any atom is 0.324 e.